The van der Waals surface area contributed by atoms with Crippen LogP contribution in [0.25, 0.3) is 0 Å². The second-order valence-electron chi connectivity index (χ2n) is 7.32. The van der Waals surface area contributed by atoms with Gasteiger partial charge in [-0.1, -0.05) is 45.9 Å². The molecule has 5 nitrogen and oxygen atoms in total. The molecule has 2 amide bonds. The minimum atomic E-state index is -0.465. The topological polar surface area (TPSA) is 70.6 Å². The molecule has 0 aliphatic carbocycles. The number of nitrogens with one attached hydrogen (secondary N) is 2. The fraction of sp³-hybridized carbons (Fsp3) is 0.611. The van der Waals surface area contributed by atoms with Gasteiger partial charge < -0.3 is 20.5 Å². The van der Waals surface area contributed by atoms with E-state index in [2.05, 4.69) is 10.6 Å². The SMILES string of the molecule is CC(C)C(O)C(C)(C)CNC(=O)NC1COc2ccccc2C1. The maximum Gasteiger partial charge on any atom is 0.315 e. The lowest BCUT2D eigenvalue weighted by atomic mass is 9.81. The van der Waals surface area contributed by atoms with E-state index in [4.69, 9.17) is 4.74 Å². The third kappa shape index (κ3) is 4.61. The van der Waals surface area contributed by atoms with E-state index in [0.717, 1.165) is 17.7 Å². The Labute approximate surface area is 138 Å². The van der Waals surface area contributed by atoms with Gasteiger partial charge in [-0.2, -0.15) is 0 Å². The molecule has 23 heavy (non-hydrogen) atoms. The van der Waals surface area contributed by atoms with Crippen molar-refractivity contribution in [3.8, 4) is 5.75 Å². The normalized spacial score (nSPS) is 18.8. The van der Waals surface area contributed by atoms with Gasteiger partial charge >= 0.3 is 6.03 Å². The number of rotatable bonds is 5. The Balaban J connectivity index is 1.82. The van der Waals surface area contributed by atoms with Gasteiger partial charge in [-0.3, -0.25) is 0 Å². The van der Waals surface area contributed by atoms with Gasteiger partial charge in [0.1, 0.15) is 12.4 Å². The lowest BCUT2D eigenvalue weighted by molar-refractivity contribution is 0.0151. The molecule has 2 rings (SSSR count). The van der Waals surface area contributed by atoms with Crippen LogP contribution in [0.15, 0.2) is 24.3 Å². The predicted octanol–water partition coefficient (Wildman–Crippen LogP) is 2.33. The molecule has 0 bridgehead atoms. The lowest BCUT2D eigenvalue weighted by Gasteiger charge is -2.33. The zero-order valence-electron chi connectivity index (χ0n) is 14.4. The summed E-state index contributed by atoms with van der Waals surface area (Å²) in [5, 5.41) is 16.0. The molecule has 0 radical (unpaired) electrons. The summed E-state index contributed by atoms with van der Waals surface area (Å²) >= 11 is 0. The number of carbonyl (C=O) groups excluding carboxylic acids is 1. The number of carbonyl (C=O) groups is 1. The molecular weight excluding hydrogens is 292 g/mol. The summed E-state index contributed by atoms with van der Waals surface area (Å²) in [5.74, 6) is 1.05. The van der Waals surface area contributed by atoms with Gasteiger partial charge in [0.25, 0.3) is 0 Å². The molecule has 0 saturated carbocycles. The first-order valence-corrected chi connectivity index (χ1v) is 8.23. The molecule has 2 atom stereocenters. The van der Waals surface area contributed by atoms with E-state index in [0.29, 0.717) is 13.2 Å². The zero-order chi connectivity index (χ0) is 17.0. The number of ether oxygens (including phenoxy) is 1. The highest BCUT2D eigenvalue weighted by molar-refractivity contribution is 5.74. The summed E-state index contributed by atoms with van der Waals surface area (Å²) in [4.78, 5) is 12.1. The van der Waals surface area contributed by atoms with Gasteiger partial charge in [-0.05, 0) is 24.0 Å². The molecule has 3 N–H and O–H groups in total. The van der Waals surface area contributed by atoms with E-state index in [1.54, 1.807) is 0 Å². The van der Waals surface area contributed by atoms with E-state index in [1.807, 2.05) is 52.0 Å². The van der Waals surface area contributed by atoms with Crippen LogP contribution in [0, 0.1) is 11.3 Å². The number of benzene rings is 1. The zero-order valence-corrected chi connectivity index (χ0v) is 14.4. The first-order valence-electron chi connectivity index (χ1n) is 8.23. The first-order chi connectivity index (χ1) is 10.8. The van der Waals surface area contributed by atoms with Crippen molar-refractivity contribution in [2.24, 2.45) is 11.3 Å². The molecule has 0 saturated heterocycles. The van der Waals surface area contributed by atoms with Crippen LogP contribution in [0.3, 0.4) is 0 Å². The highest BCUT2D eigenvalue weighted by Crippen LogP contribution is 2.25. The first kappa shape index (κ1) is 17.6. The fourth-order valence-electron chi connectivity index (χ4n) is 2.97. The molecule has 1 aliphatic heterocycles. The van der Waals surface area contributed by atoms with E-state index < -0.39 is 6.10 Å². The molecule has 0 aromatic heterocycles. The Morgan fingerprint density at radius 2 is 2.09 bits per heavy atom. The quantitative estimate of drug-likeness (QED) is 0.780. The standard InChI is InChI=1S/C18H28N2O3/c1-12(2)16(21)18(3,4)11-19-17(22)20-14-9-13-7-5-6-8-15(13)23-10-14/h5-8,12,14,16,21H,9-11H2,1-4H3,(H2,19,20,22). The average molecular weight is 320 g/mol. The van der Waals surface area contributed by atoms with Gasteiger partial charge in [0.2, 0.25) is 0 Å². The third-order valence-corrected chi connectivity index (χ3v) is 4.35. The Morgan fingerprint density at radius 1 is 1.39 bits per heavy atom. The number of urea groups is 1. The van der Waals surface area contributed by atoms with Crippen molar-refractivity contribution >= 4 is 6.03 Å². The summed E-state index contributed by atoms with van der Waals surface area (Å²) in [5.41, 5.74) is 0.737. The van der Waals surface area contributed by atoms with Crippen molar-refractivity contribution in [2.75, 3.05) is 13.2 Å². The summed E-state index contributed by atoms with van der Waals surface area (Å²) in [6.45, 7) is 8.76. The predicted molar refractivity (Wildman–Crippen MR) is 90.6 cm³/mol. The van der Waals surface area contributed by atoms with Crippen molar-refractivity contribution in [1.29, 1.82) is 0 Å². The number of aliphatic hydroxyl groups is 1. The van der Waals surface area contributed by atoms with E-state index in [1.165, 1.54) is 0 Å². The van der Waals surface area contributed by atoms with Crippen molar-refractivity contribution < 1.29 is 14.6 Å². The average Bonchev–Trinajstić information content (AvgIpc) is 2.52. The van der Waals surface area contributed by atoms with Crippen LogP contribution in [0.2, 0.25) is 0 Å². The maximum atomic E-state index is 12.1. The second-order valence-corrected chi connectivity index (χ2v) is 7.32. The number of aliphatic hydroxyl groups excluding tert-OH is 1. The summed E-state index contributed by atoms with van der Waals surface area (Å²) < 4.78 is 5.67. The molecule has 0 spiro atoms. The van der Waals surface area contributed by atoms with Crippen LogP contribution in [-0.4, -0.2) is 36.4 Å². The largest absolute Gasteiger partial charge is 0.491 e. The maximum absolute atomic E-state index is 12.1. The van der Waals surface area contributed by atoms with Gasteiger partial charge in [0.05, 0.1) is 12.1 Å². The number of hydrogen-bond donors (Lipinski definition) is 3. The van der Waals surface area contributed by atoms with Crippen LogP contribution in [-0.2, 0) is 6.42 Å². The van der Waals surface area contributed by atoms with Crippen molar-refractivity contribution in [3.63, 3.8) is 0 Å². The molecular formula is C18H28N2O3. The molecule has 2 unspecified atom stereocenters. The van der Waals surface area contributed by atoms with Gasteiger partial charge in [-0.25, -0.2) is 4.79 Å². The van der Waals surface area contributed by atoms with Crippen LogP contribution < -0.4 is 15.4 Å². The van der Waals surface area contributed by atoms with Crippen LogP contribution in [0.1, 0.15) is 33.3 Å². The Morgan fingerprint density at radius 3 is 2.78 bits per heavy atom. The summed E-state index contributed by atoms with van der Waals surface area (Å²) in [7, 11) is 0. The van der Waals surface area contributed by atoms with Crippen LogP contribution in [0.5, 0.6) is 5.75 Å². The second kappa shape index (κ2) is 7.21. The highest BCUT2D eigenvalue weighted by Gasteiger charge is 2.31. The number of fused-ring (bicyclic) bond motifs is 1. The van der Waals surface area contributed by atoms with Crippen molar-refractivity contribution in [1.82, 2.24) is 10.6 Å². The monoisotopic (exact) mass is 320 g/mol. The fourth-order valence-corrected chi connectivity index (χ4v) is 2.97. The minimum absolute atomic E-state index is 0.0389. The molecule has 1 aliphatic rings. The molecule has 0 fully saturated rings. The number of para-hydroxylation sites is 1. The van der Waals surface area contributed by atoms with E-state index in [9.17, 15) is 9.90 Å². The Kier molecular flexibility index (Phi) is 5.52. The summed E-state index contributed by atoms with van der Waals surface area (Å²) in [6, 6.07) is 7.62. The molecule has 1 aromatic rings. The molecule has 128 valence electrons. The van der Waals surface area contributed by atoms with Crippen LogP contribution >= 0.6 is 0 Å². The smallest absolute Gasteiger partial charge is 0.315 e. The van der Waals surface area contributed by atoms with E-state index >= 15 is 0 Å². The van der Waals surface area contributed by atoms with Crippen molar-refractivity contribution in [3.05, 3.63) is 29.8 Å². The molecule has 1 aromatic carbocycles. The third-order valence-electron chi connectivity index (χ3n) is 4.35. The lowest BCUT2D eigenvalue weighted by Crippen LogP contribution is -2.51. The number of hydrogen-bond acceptors (Lipinski definition) is 3. The number of amides is 2. The minimum Gasteiger partial charge on any atom is -0.491 e. The Hall–Kier alpha value is -1.75. The highest BCUT2D eigenvalue weighted by atomic mass is 16.5. The molecule has 1 heterocycles. The van der Waals surface area contributed by atoms with Crippen LogP contribution in [0.4, 0.5) is 4.79 Å². The van der Waals surface area contributed by atoms with Gasteiger partial charge in [0, 0.05) is 12.0 Å². The van der Waals surface area contributed by atoms with Gasteiger partial charge in [-0.15, -0.1) is 0 Å². The summed E-state index contributed by atoms with van der Waals surface area (Å²) in [6.07, 6.45) is 0.300. The van der Waals surface area contributed by atoms with E-state index in [-0.39, 0.29) is 23.4 Å². The molecule has 5 heteroatoms. The van der Waals surface area contributed by atoms with Crippen molar-refractivity contribution in [2.45, 2.75) is 46.3 Å². The Bertz CT molecular complexity index is 543. The van der Waals surface area contributed by atoms with Gasteiger partial charge in [0.15, 0.2) is 0 Å².